The van der Waals surface area contributed by atoms with Crippen LogP contribution < -0.4 is 0 Å². The summed E-state index contributed by atoms with van der Waals surface area (Å²) in [6.45, 7) is 1.86. The van der Waals surface area contributed by atoms with Crippen LogP contribution in [0.2, 0.25) is 0 Å². The van der Waals surface area contributed by atoms with Gasteiger partial charge in [0.1, 0.15) is 5.82 Å². The van der Waals surface area contributed by atoms with Crippen molar-refractivity contribution in [2.45, 2.75) is 96.3 Å². The predicted molar refractivity (Wildman–Crippen MR) is 108 cm³/mol. The van der Waals surface area contributed by atoms with Crippen LogP contribution in [0.5, 0.6) is 0 Å². The first-order chi connectivity index (χ1) is 12.7. The van der Waals surface area contributed by atoms with Crippen LogP contribution in [0.1, 0.15) is 101 Å². The summed E-state index contributed by atoms with van der Waals surface area (Å²) in [4.78, 5) is 0. The zero-order chi connectivity index (χ0) is 17.9. The van der Waals surface area contributed by atoms with Crippen LogP contribution in [-0.4, -0.2) is 0 Å². The van der Waals surface area contributed by atoms with Crippen molar-refractivity contribution in [3.8, 4) is 0 Å². The second-order valence-corrected chi connectivity index (χ2v) is 9.69. The van der Waals surface area contributed by atoms with E-state index in [-0.39, 0.29) is 5.82 Å². The predicted octanol–water partition coefficient (Wildman–Crippen LogP) is 7.79. The Kier molecular flexibility index (Phi) is 6.01. The number of aryl methyl sites for hydroxylation is 1. The summed E-state index contributed by atoms with van der Waals surface area (Å²) >= 11 is 0. The number of rotatable bonds is 3. The Morgan fingerprint density at radius 3 is 1.69 bits per heavy atom. The summed E-state index contributed by atoms with van der Waals surface area (Å²) in [5, 5.41) is 0. The van der Waals surface area contributed by atoms with Gasteiger partial charge in [-0.05, 0) is 105 Å². The molecule has 0 nitrogen and oxygen atoms in total. The summed E-state index contributed by atoms with van der Waals surface area (Å²) in [5.41, 5.74) is 2.02. The van der Waals surface area contributed by atoms with Crippen molar-refractivity contribution in [2.24, 2.45) is 23.7 Å². The highest BCUT2D eigenvalue weighted by molar-refractivity contribution is 5.26. The van der Waals surface area contributed by atoms with E-state index < -0.39 is 0 Å². The summed E-state index contributed by atoms with van der Waals surface area (Å²) in [6, 6.07) is 5.93. The van der Waals surface area contributed by atoms with E-state index in [1.54, 1.807) is 6.07 Å². The lowest BCUT2D eigenvalue weighted by atomic mass is 9.65. The largest absolute Gasteiger partial charge is 0.207 e. The Balaban J connectivity index is 1.25. The fraction of sp³-hybridized carbons (Fsp3) is 0.760. The Labute approximate surface area is 160 Å². The molecule has 1 aromatic rings. The molecule has 3 saturated carbocycles. The van der Waals surface area contributed by atoms with Gasteiger partial charge in [-0.3, -0.25) is 0 Å². The summed E-state index contributed by atoms with van der Waals surface area (Å²) < 4.78 is 13.9. The van der Waals surface area contributed by atoms with E-state index in [1.807, 2.05) is 13.0 Å². The maximum absolute atomic E-state index is 13.9. The minimum absolute atomic E-state index is 0.0225. The molecule has 0 atom stereocenters. The van der Waals surface area contributed by atoms with Gasteiger partial charge >= 0.3 is 0 Å². The third-order valence-electron chi connectivity index (χ3n) is 8.24. The van der Waals surface area contributed by atoms with Crippen LogP contribution in [0, 0.1) is 36.4 Å². The first-order valence-electron chi connectivity index (χ1n) is 11.5. The molecule has 3 fully saturated rings. The second kappa shape index (κ2) is 8.44. The molecule has 0 aliphatic heterocycles. The van der Waals surface area contributed by atoms with Gasteiger partial charge in [0.05, 0.1) is 0 Å². The second-order valence-electron chi connectivity index (χ2n) is 9.69. The number of benzene rings is 1. The fourth-order valence-corrected chi connectivity index (χ4v) is 6.48. The first-order valence-corrected chi connectivity index (χ1v) is 11.5. The van der Waals surface area contributed by atoms with Gasteiger partial charge in [-0.25, -0.2) is 4.39 Å². The lowest BCUT2D eigenvalue weighted by Gasteiger charge is -2.40. The quantitative estimate of drug-likeness (QED) is 0.518. The van der Waals surface area contributed by atoms with Crippen LogP contribution in [0.3, 0.4) is 0 Å². The molecule has 0 saturated heterocycles. The molecular formula is C25H37F. The molecule has 26 heavy (non-hydrogen) atoms. The first kappa shape index (κ1) is 18.5. The van der Waals surface area contributed by atoms with Gasteiger partial charge in [0, 0.05) is 0 Å². The zero-order valence-corrected chi connectivity index (χ0v) is 16.7. The molecule has 3 aliphatic carbocycles. The molecule has 3 aliphatic rings. The van der Waals surface area contributed by atoms with Gasteiger partial charge in [0.25, 0.3) is 0 Å². The molecular weight excluding hydrogens is 319 g/mol. The van der Waals surface area contributed by atoms with Crippen molar-refractivity contribution in [3.63, 3.8) is 0 Å². The zero-order valence-electron chi connectivity index (χ0n) is 16.7. The SMILES string of the molecule is Cc1ccc(C2CCC(C3CCC(C4CCCCC4)CC3)CC2)cc1F. The average Bonchev–Trinajstić information content (AvgIpc) is 2.71. The summed E-state index contributed by atoms with van der Waals surface area (Å²) in [6.07, 6.45) is 18.8. The monoisotopic (exact) mass is 356 g/mol. The van der Waals surface area contributed by atoms with Gasteiger partial charge < -0.3 is 0 Å². The Hall–Kier alpha value is -0.850. The molecule has 0 amide bonds. The molecule has 0 aromatic heterocycles. The van der Waals surface area contributed by atoms with Crippen LogP contribution >= 0.6 is 0 Å². The highest BCUT2D eigenvalue weighted by Crippen LogP contribution is 2.46. The van der Waals surface area contributed by atoms with Gasteiger partial charge in [-0.1, -0.05) is 44.2 Å². The van der Waals surface area contributed by atoms with E-state index in [1.165, 1.54) is 89.0 Å². The molecule has 1 heteroatoms. The number of hydrogen-bond donors (Lipinski definition) is 0. The van der Waals surface area contributed by atoms with Crippen LogP contribution in [0.4, 0.5) is 4.39 Å². The van der Waals surface area contributed by atoms with Gasteiger partial charge in [-0.15, -0.1) is 0 Å². The molecule has 0 heterocycles. The minimum Gasteiger partial charge on any atom is -0.207 e. The Morgan fingerprint density at radius 1 is 0.654 bits per heavy atom. The topological polar surface area (TPSA) is 0 Å². The molecule has 4 rings (SSSR count). The van der Waals surface area contributed by atoms with E-state index in [0.29, 0.717) is 5.92 Å². The molecule has 0 spiro atoms. The van der Waals surface area contributed by atoms with Crippen molar-refractivity contribution >= 4 is 0 Å². The van der Waals surface area contributed by atoms with Gasteiger partial charge in [0.15, 0.2) is 0 Å². The molecule has 0 radical (unpaired) electrons. The van der Waals surface area contributed by atoms with Crippen molar-refractivity contribution in [1.82, 2.24) is 0 Å². The number of halogens is 1. The van der Waals surface area contributed by atoms with Gasteiger partial charge in [-0.2, -0.15) is 0 Å². The average molecular weight is 357 g/mol. The third-order valence-corrected chi connectivity index (χ3v) is 8.24. The van der Waals surface area contributed by atoms with E-state index in [4.69, 9.17) is 0 Å². The van der Waals surface area contributed by atoms with Crippen molar-refractivity contribution < 1.29 is 4.39 Å². The maximum Gasteiger partial charge on any atom is 0.126 e. The fourth-order valence-electron chi connectivity index (χ4n) is 6.48. The third kappa shape index (κ3) is 4.18. The normalized spacial score (nSPS) is 33.9. The maximum atomic E-state index is 13.9. The standard InChI is InChI=1S/C25H37F/c1-18-7-8-24(17-25(18)26)23-15-13-22(14-16-23)21-11-9-20(10-12-21)19-5-3-2-4-6-19/h7-8,17,19-23H,2-6,9-16H2,1H3. The van der Waals surface area contributed by atoms with Crippen LogP contribution in [0.15, 0.2) is 18.2 Å². The molecule has 0 unspecified atom stereocenters. The summed E-state index contributed by atoms with van der Waals surface area (Å²) in [5.74, 6) is 4.64. The van der Waals surface area contributed by atoms with E-state index in [9.17, 15) is 4.39 Å². The highest BCUT2D eigenvalue weighted by atomic mass is 19.1. The van der Waals surface area contributed by atoms with E-state index >= 15 is 0 Å². The Morgan fingerprint density at radius 2 is 1.15 bits per heavy atom. The van der Waals surface area contributed by atoms with Crippen LogP contribution in [-0.2, 0) is 0 Å². The Bertz CT molecular complexity index is 570. The molecule has 0 bridgehead atoms. The van der Waals surface area contributed by atoms with Crippen LogP contribution in [0.25, 0.3) is 0 Å². The van der Waals surface area contributed by atoms with Crippen molar-refractivity contribution in [2.75, 3.05) is 0 Å². The highest BCUT2D eigenvalue weighted by Gasteiger charge is 2.33. The molecule has 1 aromatic carbocycles. The van der Waals surface area contributed by atoms with E-state index in [0.717, 1.165) is 29.2 Å². The van der Waals surface area contributed by atoms with E-state index in [2.05, 4.69) is 6.07 Å². The van der Waals surface area contributed by atoms with Crippen molar-refractivity contribution in [1.29, 1.82) is 0 Å². The van der Waals surface area contributed by atoms with Crippen molar-refractivity contribution in [3.05, 3.63) is 35.1 Å². The number of hydrogen-bond acceptors (Lipinski definition) is 0. The molecule has 144 valence electrons. The lowest BCUT2D eigenvalue weighted by Crippen LogP contribution is -2.28. The molecule has 0 N–H and O–H groups in total. The summed E-state index contributed by atoms with van der Waals surface area (Å²) in [7, 11) is 0. The van der Waals surface area contributed by atoms with Gasteiger partial charge in [0.2, 0.25) is 0 Å². The minimum atomic E-state index is -0.0225. The lowest BCUT2D eigenvalue weighted by molar-refractivity contribution is 0.119. The smallest absolute Gasteiger partial charge is 0.126 e.